The molecule has 0 amide bonds. The first-order valence-electron chi connectivity index (χ1n) is 18.4. The van der Waals surface area contributed by atoms with E-state index < -0.39 is 0 Å². The van der Waals surface area contributed by atoms with E-state index in [2.05, 4.69) is 98.8 Å². The van der Waals surface area contributed by atoms with Gasteiger partial charge in [-0.2, -0.15) is 0 Å². The number of unbranched alkanes of at least 4 members (excludes halogenated alkanes) is 11. The monoisotopic (exact) mass is 616 g/mol. The lowest BCUT2D eigenvalue weighted by Gasteiger charge is -2.08. The third-order valence-electron chi connectivity index (χ3n) is 9.72. The number of rotatable bonds is 21. The van der Waals surface area contributed by atoms with E-state index in [0.717, 1.165) is 37.1 Å². The molecule has 0 aromatic heterocycles. The van der Waals surface area contributed by atoms with Gasteiger partial charge in [0.2, 0.25) is 0 Å². The summed E-state index contributed by atoms with van der Waals surface area (Å²) in [7, 11) is 0. The van der Waals surface area contributed by atoms with Gasteiger partial charge in [-0.05, 0) is 108 Å². The van der Waals surface area contributed by atoms with Crippen molar-refractivity contribution in [2.45, 2.75) is 129 Å². The van der Waals surface area contributed by atoms with Crippen LogP contribution in [0.3, 0.4) is 0 Å². The summed E-state index contributed by atoms with van der Waals surface area (Å²) in [6, 6.07) is 31.5. The number of hydrogen-bond acceptors (Lipinski definition) is 2. The van der Waals surface area contributed by atoms with Crippen molar-refractivity contribution in [3.8, 4) is 0 Å². The summed E-state index contributed by atoms with van der Waals surface area (Å²) < 4.78 is 0. The van der Waals surface area contributed by atoms with E-state index in [0.29, 0.717) is 0 Å². The standard InChI is InChI=1S/C44H60N2/c1-3-41-33-39(27-29-43(41)45)31-37-23-19-35(20-24-37)17-15-13-11-9-7-5-6-8-10-12-14-16-18-36-21-25-38(26-22-36)32-40-28-30-44(46)42(4-2)34-40/h19-30,33-34H,3-18,31-32,45-46H2,1-2H3. The van der Waals surface area contributed by atoms with Gasteiger partial charge in [0.15, 0.2) is 0 Å². The van der Waals surface area contributed by atoms with E-state index >= 15 is 0 Å². The van der Waals surface area contributed by atoms with E-state index in [9.17, 15) is 0 Å². The highest BCUT2D eigenvalue weighted by molar-refractivity contribution is 5.50. The Morgan fingerprint density at radius 2 is 0.630 bits per heavy atom. The van der Waals surface area contributed by atoms with Crippen molar-refractivity contribution in [2.24, 2.45) is 0 Å². The van der Waals surface area contributed by atoms with Gasteiger partial charge in [-0.25, -0.2) is 0 Å². The average Bonchev–Trinajstić information content (AvgIpc) is 3.08. The second-order valence-corrected chi connectivity index (χ2v) is 13.5. The highest BCUT2D eigenvalue weighted by atomic mass is 14.6. The van der Waals surface area contributed by atoms with Crippen LogP contribution in [-0.4, -0.2) is 0 Å². The largest absolute Gasteiger partial charge is 0.399 e. The summed E-state index contributed by atoms with van der Waals surface area (Å²) in [5.74, 6) is 0. The number of anilines is 2. The molecule has 0 saturated carbocycles. The van der Waals surface area contributed by atoms with Crippen molar-refractivity contribution in [1.82, 2.24) is 0 Å². The summed E-state index contributed by atoms with van der Waals surface area (Å²) in [5.41, 5.74) is 24.9. The number of nitrogen functional groups attached to an aromatic ring is 2. The molecular formula is C44H60N2. The Balaban J connectivity index is 0.951. The van der Waals surface area contributed by atoms with E-state index in [1.807, 2.05) is 0 Å². The molecule has 0 aliphatic carbocycles. The molecule has 246 valence electrons. The molecule has 2 nitrogen and oxygen atoms in total. The van der Waals surface area contributed by atoms with Gasteiger partial charge < -0.3 is 11.5 Å². The van der Waals surface area contributed by atoms with Gasteiger partial charge in [-0.1, -0.05) is 151 Å². The second kappa shape index (κ2) is 19.9. The summed E-state index contributed by atoms with van der Waals surface area (Å²) in [5, 5.41) is 0. The van der Waals surface area contributed by atoms with Crippen LogP contribution >= 0.6 is 0 Å². The SMILES string of the molecule is CCc1cc(Cc2ccc(CCCCCCCCCCCCCCc3ccc(Cc4ccc(N)c(CC)c4)cc3)cc2)ccc1N. The van der Waals surface area contributed by atoms with Crippen LogP contribution in [0.2, 0.25) is 0 Å². The average molecular weight is 617 g/mol. The van der Waals surface area contributed by atoms with Gasteiger partial charge in [0.25, 0.3) is 0 Å². The van der Waals surface area contributed by atoms with Crippen LogP contribution in [0.1, 0.15) is 135 Å². The number of aryl methyl sites for hydroxylation is 4. The number of nitrogens with two attached hydrogens (primary N) is 2. The maximum atomic E-state index is 6.07. The maximum Gasteiger partial charge on any atom is 0.0346 e. The Morgan fingerprint density at radius 1 is 0.348 bits per heavy atom. The highest BCUT2D eigenvalue weighted by Gasteiger charge is 2.04. The van der Waals surface area contributed by atoms with Crippen molar-refractivity contribution in [1.29, 1.82) is 0 Å². The lowest BCUT2D eigenvalue weighted by atomic mass is 9.98. The normalized spacial score (nSPS) is 11.3. The molecule has 0 bridgehead atoms. The molecule has 0 fully saturated rings. The molecule has 4 N–H and O–H groups in total. The fraction of sp³-hybridized carbons (Fsp3) is 0.455. The molecule has 46 heavy (non-hydrogen) atoms. The van der Waals surface area contributed by atoms with Gasteiger partial charge in [0.05, 0.1) is 0 Å². The highest BCUT2D eigenvalue weighted by Crippen LogP contribution is 2.21. The molecule has 0 spiro atoms. The smallest absolute Gasteiger partial charge is 0.0346 e. The Kier molecular flexibility index (Phi) is 15.3. The molecule has 2 heteroatoms. The van der Waals surface area contributed by atoms with Crippen molar-refractivity contribution < 1.29 is 0 Å². The lowest BCUT2D eigenvalue weighted by Crippen LogP contribution is -1.96. The second-order valence-electron chi connectivity index (χ2n) is 13.5. The van der Waals surface area contributed by atoms with Crippen molar-refractivity contribution in [3.05, 3.63) is 129 Å². The van der Waals surface area contributed by atoms with Crippen LogP contribution in [-0.2, 0) is 38.5 Å². The van der Waals surface area contributed by atoms with Gasteiger partial charge in [0.1, 0.15) is 0 Å². The van der Waals surface area contributed by atoms with E-state index in [-0.39, 0.29) is 0 Å². The fourth-order valence-electron chi connectivity index (χ4n) is 6.70. The summed E-state index contributed by atoms with van der Waals surface area (Å²) in [6.45, 7) is 4.34. The fourth-order valence-corrected chi connectivity index (χ4v) is 6.70. The predicted octanol–water partition coefficient (Wildman–Crippen LogP) is 11.6. The molecule has 0 radical (unpaired) electrons. The molecule has 0 saturated heterocycles. The summed E-state index contributed by atoms with van der Waals surface area (Å²) in [4.78, 5) is 0. The Hall–Kier alpha value is -3.52. The Morgan fingerprint density at radius 3 is 0.957 bits per heavy atom. The quantitative estimate of drug-likeness (QED) is 0.0723. The zero-order chi connectivity index (χ0) is 32.4. The van der Waals surface area contributed by atoms with Crippen molar-refractivity contribution in [2.75, 3.05) is 11.5 Å². The zero-order valence-corrected chi connectivity index (χ0v) is 29.0. The minimum absolute atomic E-state index is 0.911. The zero-order valence-electron chi connectivity index (χ0n) is 29.0. The van der Waals surface area contributed by atoms with Gasteiger partial charge in [0, 0.05) is 11.4 Å². The van der Waals surface area contributed by atoms with E-state index in [1.165, 1.54) is 134 Å². The molecule has 0 aliphatic rings. The summed E-state index contributed by atoms with van der Waals surface area (Å²) in [6.07, 6.45) is 22.9. The van der Waals surface area contributed by atoms with Crippen LogP contribution in [0.15, 0.2) is 84.9 Å². The topological polar surface area (TPSA) is 52.0 Å². The van der Waals surface area contributed by atoms with Gasteiger partial charge >= 0.3 is 0 Å². The third kappa shape index (κ3) is 12.3. The molecule has 4 rings (SSSR count). The minimum atomic E-state index is 0.911. The molecule has 0 unspecified atom stereocenters. The molecule has 0 heterocycles. The molecule has 0 atom stereocenters. The van der Waals surface area contributed by atoms with Gasteiger partial charge in [-0.3, -0.25) is 0 Å². The minimum Gasteiger partial charge on any atom is -0.399 e. The van der Waals surface area contributed by atoms with Gasteiger partial charge in [-0.15, -0.1) is 0 Å². The van der Waals surface area contributed by atoms with Crippen LogP contribution in [0, 0.1) is 0 Å². The third-order valence-corrected chi connectivity index (χ3v) is 9.72. The van der Waals surface area contributed by atoms with Crippen molar-refractivity contribution >= 4 is 11.4 Å². The molecule has 0 aliphatic heterocycles. The molecule has 4 aromatic rings. The number of benzene rings is 4. The predicted molar refractivity (Wildman–Crippen MR) is 202 cm³/mol. The maximum absolute atomic E-state index is 6.07. The first kappa shape index (κ1) is 35.3. The molecule has 4 aromatic carbocycles. The first-order chi connectivity index (χ1) is 22.5. The lowest BCUT2D eigenvalue weighted by molar-refractivity contribution is 0.540. The van der Waals surface area contributed by atoms with Crippen LogP contribution in [0.5, 0.6) is 0 Å². The van der Waals surface area contributed by atoms with Crippen molar-refractivity contribution in [3.63, 3.8) is 0 Å². The summed E-state index contributed by atoms with van der Waals surface area (Å²) >= 11 is 0. The Bertz CT molecular complexity index is 1310. The van der Waals surface area contributed by atoms with E-state index in [1.54, 1.807) is 0 Å². The molecular weight excluding hydrogens is 556 g/mol. The number of hydrogen-bond donors (Lipinski definition) is 2. The van der Waals surface area contributed by atoms with E-state index in [4.69, 9.17) is 11.5 Å². The first-order valence-corrected chi connectivity index (χ1v) is 18.4. The Labute approximate surface area is 281 Å². The van der Waals surface area contributed by atoms with Crippen LogP contribution in [0.4, 0.5) is 11.4 Å². The van der Waals surface area contributed by atoms with Crippen LogP contribution < -0.4 is 11.5 Å². The van der Waals surface area contributed by atoms with Crippen LogP contribution in [0.25, 0.3) is 0 Å².